The maximum Gasteiger partial charge on any atom is 0.122 e. The molecule has 88 valence electrons. The second kappa shape index (κ2) is 5.18. The summed E-state index contributed by atoms with van der Waals surface area (Å²) in [4.78, 5) is 0. The fourth-order valence-corrected chi connectivity index (χ4v) is 1.42. The highest BCUT2D eigenvalue weighted by atomic mass is 16.6. The van der Waals surface area contributed by atoms with Crippen LogP contribution in [-0.4, -0.2) is 33.5 Å². The third kappa shape index (κ3) is 3.12. The van der Waals surface area contributed by atoms with Crippen molar-refractivity contribution >= 4 is 0 Å². The molecule has 0 aliphatic carbocycles. The van der Waals surface area contributed by atoms with Gasteiger partial charge in [-0.2, -0.15) is 0 Å². The predicted molar refractivity (Wildman–Crippen MR) is 58.9 cm³/mol. The van der Waals surface area contributed by atoms with Crippen LogP contribution in [0.25, 0.3) is 0 Å². The molecule has 1 heterocycles. The van der Waals surface area contributed by atoms with Crippen molar-refractivity contribution in [2.75, 3.05) is 27.4 Å². The minimum Gasteiger partial charge on any atom is -0.497 e. The Morgan fingerprint density at radius 1 is 1.19 bits per heavy atom. The average Bonchev–Trinajstić information content (AvgIpc) is 3.12. The van der Waals surface area contributed by atoms with E-state index in [0.29, 0.717) is 19.3 Å². The second-order valence-electron chi connectivity index (χ2n) is 3.69. The summed E-state index contributed by atoms with van der Waals surface area (Å²) < 4.78 is 20.9. The largest absolute Gasteiger partial charge is 0.497 e. The molecule has 1 saturated heterocycles. The molecule has 0 N–H and O–H groups in total. The van der Waals surface area contributed by atoms with Gasteiger partial charge in [-0.1, -0.05) is 0 Å². The number of ether oxygens (including phenoxy) is 4. The first-order chi connectivity index (χ1) is 7.81. The number of epoxide rings is 1. The zero-order valence-electron chi connectivity index (χ0n) is 9.56. The lowest BCUT2D eigenvalue weighted by molar-refractivity contribution is 0.104. The molecule has 0 unspecified atom stereocenters. The Kier molecular flexibility index (Phi) is 3.64. The molecule has 4 heteroatoms. The van der Waals surface area contributed by atoms with Crippen LogP contribution in [0.4, 0.5) is 0 Å². The SMILES string of the molecule is COc1cc(COC[C@@H]2CO2)cc(OC)c1. The van der Waals surface area contributed by atoms with E-state index < -0.39 is 0 Å². The minimum absolute atomic E-state index is 0.299. The van der Waals surface area contributed by atoms with E-state index in [0.717, 1.165) is 23.7 Å². The van der Waals surface area contributed by atoms with E-state index >= 15 is 0 Å². The Balaban J connectivity index is 1.94. The third-order valence-electron chi connectivity index (χ3n) is 2.39. The Morgan fingerprint density at radius 3 is 2.31 bits per heavy atom. The van der Waals surface area contributed by atoms with Gasteiger partial charge in [0, 0.05) is 6.07 Å². The molecule has 0 aromatic heterocycles. The molecular weight excluding hydrogens is 208 g/mol. The molecule has 0 radical (unpaired) electrons. The van der Waals surface area contributed by atoms with Gasteiger partial charge in [-0.25, -0.2) is 0 Å². The molecule has 1 aromatic rings. The highest BCUT2D eigenvalue weighted by Gasteiger charge is 2.22. The van der Waals surface area contributed by atoms with Crippen molar-refractivity contribution in [2.24, 2.45) is 0 Å². The quantitative estimate of drug-likeness (QED) is 0.688. The van der Waals surface area contributed by atoms with Crippen LogP contribution in [0.1, 0.15) is 5.56 Å². The van der Waals surface area contributed by atoms with Gasteiger partial charge in [0.15, 0.2) is 0 Å². The van der Waals surface area contributed by atoms with Crippen LogP contribution in [-0.2, 0) is 16.1 Å². The van der Waals surface area contributed by atoms with Crippen molar-refractivity contribution < 1.29 is 18.9 Å². The van der Waals surface area contributed by atoms with Crippen molar-refractivity contribution in [3.63, 3.8) is 0 Å². The molecule has 0 saturated carbocycles. The van der Waals surface area contributed by atoms with E-state index in [2.05, 4.69) is 0 Å². The van der Waals surface area contributed by atoms with Crippen LogP contribution in [0.2, 0.25) is 0 Å². The maximum atomic E-state index is 5.51. The van der Waals surface area contributed by atoms with Gasteiger partial charge in [0.05, 0.1) is 34.0 Å². The second-order valence-corrected chi connectivity index (χ2v) is 3.69. The topological polar surface area (TPSA) is 40.2 Å². The first kappa shape index (κ1) is 11.2. The standard InChI is InChI=1S/C12H16O4/c1-13-10-3-9(4-11(5-10)14-2)6-15-7-12-8-16-12/h3-5,12H,6-8H2,1-2H3/t12-/m1/s1. The van der Waals surface area contributed by atoms with E-state index in [1.165, 1.54) is 0 Å². The van der Waals surface area contributed by atoms with Crippen LogP contribution in [0, 0.1) is 0 Å². The zero-order valence-corrected chi connectivity index (χ0v) is 9.56. The summed E-state index contributed by atoms with van der Waals surface area (Å²) in [5.41, 5.74) is 1.04. The molecule has 16 heavy (non-hydrogen) atoms. The summed E-state index contributed by atoms with van der Waals surface area (Å²) in [6.07, 6.45) is 0.299. The number of rotatable bonds is 6. The summed E-state index contributed by atoms with van der Waals surface area (Å²) >= 11 is 0. The predicted octanol–water partition coefficient (Wildman–Crippen LogP) is 1.62. The van der Waals surface area contributed by atoms with Gasteiger partial charge in [-0.05, 0) is 17.7 Å². The molecular formula is C12H16O4. The Morgan fingerprint density at radius 2 is 1.81 bits per heavy atom. The zero-order chi connectivity index (χ0) is 11.4. The molecule has 1 fully saturated rings. The van der Waals surface area contributed by atoms with Crippen LogP contribution in [0.3, 0.4) is 0 Å². The fourth-order valence-electron chi connectivity index (χ4n) is 1.42. The Hall–Kier alpha value is -1.26. The highest BCUT2D eigenvalue weighted by Crippen LogP contribution is 2.23. The van der Waals surface area contributed by atoms with E-state index in [1.54, 1.807) is 14.2 Å². The molecule has 1 aliphatic heterocycles. The Labute approximate surface area is 95.1 Å². The van der Waals surface area contributed by atoms with Crippen LogP contribution in [0.15, 0.2) is 18.2 Å². The molecule has 1 aliphatic rings. The molecule has 4 nitrogen and oxygen atoms in total. The van der Waals surface area contributed by atoms with Gasteiger partial charge >= 0.3 is 0 Å². The number of benzene rings is 1. The van der Waals surface area contributed by atoms with Gasteiger partial charge in [0.25, 0.3) is 0 Å². The average molecular weight is 224 g/mol. The lowest BCUT2D eigenvalue weighted by Crippen LogP contribution is -2.01. The van der Waals surface area contributed by atoms with E-state index in [-0.39, 0.29) is 0 Å². The lowest BCUT2D eigenvalue weighted by atomic mass is 10.2. The molecule has 0 bridgehead atoms. The van der Waals surface area contributed by atoms with Gasteiger partial charge in [0.1, 0.15) is 17.6 Å². The fraction of sp³-hybridized carbons (Fsp3) is 0.500. The molecule has 0 spiro atoms. The van der Waals surface area contributed by atoms with Gasteiger partial charge in [-0.15, -0.1) is 0 Å². The third-order valence-corrected chi connectivity index (χ3v) is 2.39. The number of hydrogen-bond acceptors (Lipinski definition) is 4. The van der Waals surface area contributed by atoms with Crippen molar-refractivity contribution in [1.82, 2.24) is 0 Å². The van der Waals surface area contributed by atoms with E-state index in [1.807, 2.05) is 18.2 Å². The summed E-state index contributed by atoms with van der Waals surface area (Å²) in [6, 6.07) is 5.72. The van der Waals surface area contributed by atoms with Crippen molar-refractivity contribution in [1.29, 1.82) is 0 Å². The Bertz CT molecular complexity index is 325. The molecule has 1 aromatic carbocycles. The van der Waals surface area contributed by atoms with Crippen molar-refractivity contribution in [2.45, 2.75) is 12.7 Å². The summed E-state index contributed by atoms with van der Waals surface area (Å²) in [6.45, 7) is 2.02. The van der Waals surface area contributed by atoms with Crippen LogP contribution in [0.5, 0.6) is 11.5 Å². The molecule has 2 rings (SSSR count). The maximum absolute atomic E-state index is 5.51. The summed E-state index contributed by atoms with van der Waals surface area (Å²) in [5, 5.41) is 0. The van der Waals surface area contributed by atoms with Crippen LogP contribution >= 0.6 is 0 Å². The van der Waals surface area contributed by atoms with Gasteiger partial charge in [0.2, 0.25) is 0 Å². The van der Waals surface area contributed by atoms with Gasteiger partial charge in [-0.3, -0.25) is 0 Å². The smallest absolute Gasteiger partial charge is 0.122 e. The van der Waals surface area contributed by atoms with Gasteiger partial charge < -0.3 is 18.9 Å². The van der Waals surface area contributed by atoms with Crippen LogP contribution < -0.4 is 9.47 Å². The van der Waals surface area contributed by atoms with E-state index in [4.69, 9.17) is 18.9 Å². The highest BCUT2D eigenvalue weighted by molar-refractivity contribution is 5.38. The normalized spacial score (nSPS) is 18.2. The first-order valence-corrected chi connectivity index (χ1v) is 5.23. The summed E-state index contributed by atoms with van der Waals surface area (Å²) in [5.74, 6) is 1.56. The molecule has 0 amide bonds. The first-order valence-electron chi connectivity index (χ1n) is 5.23. The summed E-state index contributed by atoms with van der Waals surface area (Å²) in [7, 11) is 3.27. The van der Waals surface area contributed by atoms with Crippen molar-refractivity contribution in [3.05, 3.63) is 23.8 Å². The van der Waals surface area contributed by atoms with Crippen molar-refractivity contribution in [3.8, 4) is 11.5 Å². The lowest BCUT2D eigenvalue weighted by Gasteiger charge is -2.08. The molecule has 1 atom stereocenters. The number of methoxy groups -OCH3 is 2. The van der Waals surface area contributed by atoms with E-state index in [9.17, 15) is 0 Å². The number of hydrogen-bond donors (Lipinski definition) is 0. The monoisotopic (exact) mass is 224 g/mol. The minimum atomic E-state index is 0.299.